The number of esters is 1. The maximum absolute atomic E-state index is 11.4. The molecule has 2 nitrogen and oxygen atoms in total. The van der Waals surface area contributed by atoms with Gasteiger partial charge in [0.05, 0.1) is 0 Å². The Labute approximate surface area is 111 Å². The molecule has 0 radical (unpaired) electrons. The van der Waals surface area contributed by atoms with Gasteiger partial charge in [0.25, 0.3) is 0 Å². The van der Waals surface area contributed by atoms with Crippen molar-refractivity contribution in [1.82, 2.24) is 0 Å². The number of carbonyl (C=O) groups is 1. The summed E-state index contributed by atoms with van der Waals surface area (Å²) in [6.45, 7) is 4.11. The van der Waals surface area contributed by atoms with E-state index >= 15 is 0 Å². The lowest BCUT2D eigenvalue weighted by Crippen LogP contribution is -2.15. The highest BCUT2D eigenvalue weighted by Crippen LogP contribution is 2.09. The summed E-state index contributed by atoms with van der Waals surface area (Å²) >= 11 is 5.58. The van der Waals surface area contributed by atoms with Gasteiger partial charge in [-0.25, -0.2) is 0 Å². The SMILES string of the molecule is CCCCCCCCCC(=O)OC(C)CCCl. The second-order valence-corrected chi connectivity index (χ2v) is 5.03. The first-order valence-corrected chi connectivity index (χ1v) is 7.49. The van der Waals surface area contributed by atoms with Crippen LogP contribution in [0.3, 0.4) is 0 Å². The molecule has 0 amide bonds. The van der Waals surface area contributed by atoms with E-state index in [1.54, 1.807) is 0 Å². The molecule has 0 heterocycles. The van der Waals surface area contributed by atoms with Crippen LogP contribution in [0.4, 0.5) is 0 Å². The number of rotatable bonds is 11. The molecule has 17 heavy (non-hydrogen) atoms. The summed E-state index contributed by atoms with van der Waals surface area (Å²) in [5.41, 5.74) is 0. The van der Waals surface area contributed by atoms with Crippen molar-refractivity contribution < 1.29 is 9.53 Å². The third-order valence-corrected chi connectivity index (χ3v) is 3.05. The van der Waals surface area contributed by atoms with E-state index < -0.39 is 0 Å². The Balaban J connectivity index is 3.27. The molecular formula is C14H27ClO2. The normalized spacial score (nSPS) is 12.4. The zero-order valence-electron chi connectivity index (χ0n) is 11.3. The summed E-state index contributed by atoms with van der Waals surface area (Å²) in [5.74, 6) is 0.475. The van der Waals surface area contributed by atoms with Gasteiger partial charge in [0.1, 0.15) is 6.10 Å². The van der Waals surface area contributed by atoms with Crippen molar-refractivity contribution in [3.8, 4) is 0 Å². The summed E-state index contributed by atoms with van der Waals surface area (Å²) in [6, 6.07) is 0. The molecule has 3 heteroatoms. The number of hydrogen-bond acceptors (Lipinski definition) is 2. The molecule has 102 valence electrons. The summed E-state index contributed by atoms with van der Waals surface area (Å²) < 4.78 is 5.21. The van der Waals surface area contributed by atoms with Crippen molar-refractivity contribution in [2.75, 3.05) is 5.88 Å². The Bertz CT molecular complexity index is 183. The van der Waals surface area contributed by atoms with Crippen LogP contribution in [0, 0.1) is 0 Å². The smallest absolute Gasteiger partial charge is 0.306 e. The van der Waals surface area contributed by atoms with E-state index in [4.69, 9.17) is 16.3 Å². The number of halogens is 1. The lowest BCUT2D eigenvalue weighted by Gasteiger charge is -2.11. The minimum Gasteiger partial charge on any atom is -0.463 e. The molecule has 0 N–H and O–H groups in total. The van der Waals surface area contributed by atoms with Gasteiger partial charge >= 0.3 is 5.97 Å². The van der Waals surface area contributed by atoms with Crippen molar-refractivity contribution in [2.45, 2.75) is 77.7 Å². The first-order valence-electron chi connectivity index (χ1n) is 6.96. The predicted molar refractivity (Wildman–Crippen MR) is 73.5 cm³/mol. The molecule has 0 saturated heterocycles. The van der Waals surface area contributed by atoms with Gasteiger partial charge < -0.3 is 4.74 Å². The molecule has 0 aromatic rings. The fourth-order valence-corrected chi connectivity index (χ4v) is 2.03. The Kier molecular flexibility index (Phi) is 12.1. The zero-order chi connectivity index (χ0) is 12.9. The molecule has 0 fully saturated rings. The van der Waals surface area contributed by atoms with Crippen LogP contribution in [0.25, 0.3) is 0 Å². The molecule has 0 aliphatic rings. The van der Waals surface area contributed by atoms with Gasteiger partial charge in [-0.05, 0) is 19.8 Å². The van der Waals surface area contributed by atoms with Crippen LogP contribution >= 0.6 is 11.6 Å². The number of hydrogen-bond donors (Lipinski definition) is 0. The van der Waals surface area contributed by atoms with Gasteiger partial charge in [-0.2, -0.15) is 0 Å². The fraction of sp³-hybridized carbons (Fsp3) is 0.929. The van der Waals surface area contributed by atoms with Gasteiger partial charge in [0.15, 0.2) is 0 Å². The topological polar surface area (TPSA) is 26.3 Å². The maximum atomic E-state index is 11.4. The van der Waals surface area contributed by atoms with E-state index in [-0.39, 0.29) is 12.1 Å². The van der Waals surface area contributed by atoms with Crippen LogP contribution in [0.15, 0.2) is 0 Å². The summed E-state index contributed by atoms with van der Waals surface area (Å²) in [4.78, 5) is 11.4. The number of alkyl halides is 1. The Morgan fingerprint density at radius 1 is 1.12 bits per heavy atom. The molecule has 1 atom stereocenters. The van der Waals surface area contributed by atoms with E-state index in [1.807, 2.05) is 6.92 Å². The van der Waals surface area contributed by atoms with Gasteiger partial charge in [0, 0.05) is 12.3 Å². The quantitative estimate of drug-likeness (QED) is 0.307. The standard InChI is InChI=1S/C14H27ClO2/c1-3-4-5-6-7-8-9-10-14(16)17-13(2)11-12-15/h13H,3-12H2,1-2H3. The molecule has 0 rings (SSSR count). The van der Waals surface area contributed by atoms with Crippen LogP contribution in [-0.4, -0.2) is 18.0 Å². The molecule has 0 spiro atoms. The zero-order valence-corrected chi connectivity index (χ0v) is 12.1. The molecule has 0 aromatic carbocycles. The monoisotopic (exact) mass is 262 g/mol. The van der Waals surface area contributed by atoms with Crippen LogP contribution in [-0.2, 0) is 9.53 Å². The predicted octanol–water partition coefficient (Wildman–Crippen LogP) is 4.69. The molecule has 0 aromatic heterocycles. The van der Waals surface area contributed by atoms with E-state index in [0.29, 0.717) is 12.3 Å². The van der Waals surface area contributed by atoms with Gasteiger partial charge in [0.2, 0.25) is 0 Å². The van der Waals surface area contributed by atoms with Crippen LogP contribution in [0.5, 0.6) is 0 Å². The van der Waals surface area contributed by atoms with E-state index in [0.717, 1.165) is 19.3 Å². The summed E-state index contributed by atoms with van der Waals surface area (Å²) in [7, 11) is 0. The molecule has 0 aliphatic heterocycles. The molecule has 0 aliphatic carbocycles. The maximum Gasteiger partial charge on any atom is 0.306 e. The molecule has 1 unspecified atom stereocenters. The molecule has 0 bridgehead atoms. The largest absolute Gasteiger partial charge is 0.463 e. The van der Waals surface area contributed by atoms with Crippen molar-refractivity contribution in [3.05, 3.63) is 0 Å². The number of unbranched alkanes of at least 4 members (excludes halogenated alkanes) is 6. The average molecular weight is 263 g/mol. The van der Waals surface area contributed by atoms with Crippen molar-refractivity contribution in [2.24, 2.45) is 0 Å². The Morgan fingerprint density at radius 3 is 2.29 bits per heavy atom. The minimum absolute atomic E-state index is 0.0374. The Morgan fingerprint density at radius 2 is 1.71 bits per heavy atom. The van der Waals surface area contributed by atoms with Crippen molar-refractivity contribution in [1.29, 1.82) is 0 Å². The third kappa shape index (κ3) is 12.0. The summed E-state index contributed by atoms with van der Waals surface area (Å²) in [5, 5.41) is 0. The third-order valence-electron chi connectivity index (χ3n) is 2.83. The van der Waals surface area contributed by atoms with E-state index in [9.17, 15) is 4.79 Å². The Hall–Kier alpha value is -0.240. The van der Waals surface area contributed by atoms with Gasteiger partial charge in [-0.3, -0.25) is 4.79 Å². The number of ether oxygens (including phenoxy) is 1. The highest BCUT2D eigenvalue weighted by Gasteiger charge is 2.08. The van der Waals surface area contributed by atoms with E-state index in [1.165, 1.54) is 32.1 Å². The lowest BCUT2D eigenvalue weighted by molar-refractivity contribution is -0.148. The van der Waals surface area contributed by atoms with Crippen LogP contribution in [0.1, 0.15) is 71.6 Å². The van der Waals surface area contributed by atoms with Gasteiger partial charge in [-0.15, -0.1) is 11.6 Å². The summed E-state index contributed by atoms with van der Waals surface area (Å²) in [6.07, 6.45) is 9.84. The lowest BCUT2D eigenvalue weighted by atomic mass is 10.1. The minimum atomic E-state index is -0.0730. The fourth-order valence-electron chi connectivity index (χ4n) is 1.72. The van der Waals surface area contributed by atoms with Crippen molar-refractivity contribution >= 4 is 17.6 Å². The molecule has 0 saturated carbocycles. The highest BCUT2D eigenvalue weighted by molar-refractivity contribution is 6.17. The second kappa shape index (κ2) is 12.2. The first kappa shape index (κ1) is 16.8. The number of carbonyl (C=O) groups excluding carboxylic acids is 1. The van der Waals surface area contributed by atoms with Gasteiger partial charge in [-0.1, -0.05) is 45.4 Å². The van der Waals surface area contributed by atoms with Crippen LogP contribution in [0.2, 0.25) is 0 Å². The van der Waals surface area contributed by atoms with Crippen LogP contribution < -0.4 is 0 Å². The highest BCUT2D eigenvalue weighted by atomic mass is 35.5. The van der Waals surface area contributed by atoms with Crippen molar-refractivity contribution in [3.63, 3.8) is 0 Å². The first-order chi connectivity index (χ1) is 8.20. The molecular weight excluding hydrogens is 236 g/mol. The van der Waals surface area contributed by atoms with E-state index in [2.05, 4.69) is 6.92 Å². The average Bonchev–Trinajstić information content (AvgIpc) is 2.28. The second-order valence-electron chi connectivity index (χ2n) is 4.65.